The van der Waals surface area contributed by atoms with E-state index in [1.54, 1.807) is 18.4 Å². The van der Waals surface area contributed by atoms with E-state index in [9.17, 15) is 0 Å². The first-order chi connectivity index (χ1) is 9.79. The predicted molar refractivity (Wildman–Crippen MR) is 88.1 cm³/mol. The minimum absolute atomic E-state index is 0.831. The molecule has 0 spiro atoms. The van der Waals surface area contributed by atoms with Gasteiger partial charge in [0.25, 0.3) is 0 Å². The number of benzene rings is 1. The Morgan fingerprint density at radius 1 is 1.35 bits per heavy atom. The zero-order valence-electron chi connectivity index (χ0n) is 11.6. The number of hydrogen-bond acceptors (Lipinski definition) is 4. The normalized spacial score (nSPS) is 10.9. The van der Waals surface area contributed by atoms with Gasteiger partial charge in [0.05, 0.1) is 5.69 Å². The highest BCUT2D eigenvalue weighted by Crippen LogP contribution is 2.26. The van der Waals surface area contributed by atoms with Crippen LogP contribution in [0.1, 0.15) is 18.5 Å². The van der Waals surface area contributed by atoms with E-state index >= 15 is 0 Å². The van der Waals surface area contributed by atoms with Crippen molar-refractivity contribution >= 4 is 27.3 Å². The van der Waals surface area contributed by atoms with Crippen molar-refractivity contribution in [2.75, 3.05) is 20.3 Å². The van der Waals surface area contributed by atoms with Crippen LogP contribution in [0.15, 0.2) is 34.1 Å². The van der Waals surface area contributed by atoms with Crippen molar-refractivity contribution in [3.05, 3.63) is 39.8 Å². The number of aromatic nitrogens is 1. The molecule has 0 unspecified atom stereocenters. The molecule has 1 heterocycles. The number of unbranched alkanes of at least 4 members (excludes halogenated alkanes) is 1. The van der Waals surface area contributed by atoms with E-state index in [-0.39, 0.29) is 0 Å². The van der Waals surface area contributed by atoms with Gasteiger partial charge in [-0.15, -0.1) is 11.3 Å². The maximum absolute atomic E-state index is 5.03. The summed E-state index contributed by atoms with van der Waals surface area (Å²) >= 11 is 5.18. The molecule has 0 radical (unpaired) electrons. The maximum atomic E-state index is 5.03. The molecular formula is C15H19BrN2OS. The van der Waals surface area contributed by atoms with Gasteiger partial charge >= 0.3 is 0 Å². The van der Waals surface area contributed by atoms with Crippen LogP contribution in [0, 0.1) is 0 Å². The second-order valence-electron chi connectivity index (χ2n) is 4.53. The van der Waals surface area contributed by atoms with Crippen molar-refractivity contribution in [1.82, 2.24) is 10.3 Å². The number of nitrogens with one attached hydrogen (secondary N) is 1. The van der Waals surface area contributed by atoms with Gasteiger partial charge < -0.3 is 10.1 Å². The summed E-state index contributed by atoms with van der Waals surface area (Å²) in [5.74, 6) is 0. The summed E-state index contributed by atoms with van der Waals surface area (Å²) in [5, 5.41) is 6.61. The number of nitrogens with zero attached hydrogens (tertiary/aromatic N) is 1. The Kier molecular flexibility index (Phi) is 6.66. The Bertz CT molecular complexity index is 530. The number of hydrogen-bond donors (Lipinski definition) is 1. The lowest BCUT2D eigenvalue weighted by molar-refractivity contribution is 0.192. The van der Waals surface area contributed by atoms with Gasteiger partial charge in [-0.05, 0) is 31.5 Å². The minimum Gasteiger partial charge on any atom is -0.385 e. The zero-order valence-corrected chi connectivity index (χ0v) is 14.0. The third-order valence-corrected chi connectivity index (χ3v) is 4.31. The quantitative estimate of drug-likeness (QED) is 0.725. The summed E-state index contributed by atoms with van der Waals surface area (Å²) in [6.45, 7) is 2.68. The Hall–Kier alpha value is -0.750. The number of rotatable bonds is 8. The van der Waals surface area contributed by atoms with Crippen LogP contribution in [-0.4, -0.2) is 25.2 Å². The topological polar surface area (TPSA) is 34.1 Å². The molecular weight excluding hydrogens is 336 g/mol. The SMILES string of the molecule is COCCCCNCc1csc(-c2cccc(Br)c2)n1. The monoisotopic (exact) mass is 354 g/mol. The van der Waals surface area contributed by atoms with E-state index in [0.717, 1.165) is 53.3 Å². The first kappa shape index (κ1) is 15.6. The average molecular weight is 355 g/mol. The summed E-state index contributed by atoms with van der Waals surface area (Å²) in [6.07, 6.45) is 2.24. The molecule has 0 atom stereocenters. The van der Waals surface area contributed by atoms with Crippen LogP contribution in [0.3, 0.4) is 0 Å². The summed E-state index contributed by atoms with van der Waals surface area (Å²) < 4.78 is 6.11. The molecule has 0 saturated carbocycles. The molecule has 2 aromatic rings. The Labute approximate surface area is 132 Å². The third-order valence-electron chi connectivity index (χ3n) is 2.88. The van der Waals surface area contributed by atoms with Gasteiger partial charge in [-0.25, -0.2) is 4.98 Å². The van der Waals surface area contributed by atoms with Crippen LogP contribution in [-0.2, 0) is 11.3 Å². The molecule has 0 saturated heterocycles. The van der Waals surface area contributed by atoms with Gasteiger partial charge in [0.2, 0.25) is 0 Å². The molecule has 0 bridgehead atoms. The maximum Gasteiger partial charge on any atom is 0.123 e. The average Bonchev–Trinajstić information content (AvgIpc) is 2.91. The van der Waals surface area contributed by atoms with Gasteiger partial charge in [0.1, 0.15) is 5.01 Å². The van der Waals surface area contributed by atoms with E-state index in [1.165, 1.54) is 0 Å². The van der Waals surface area contributed by atoms with Crippen LogP contribution in [0.5, 0.6) is 0 Å². The fourth-order valence-corrected chi connectivity index (χ4v) is 3.07. The summed E-state index contributed by atoms with van der Waals surface area (Å²) in [6, 6.07) is 8.25. The fourth-order valence-electron chi connectivity index (χ4n) is 1.86. The number of halogens is 1. The molecule has 5 heteroatoms. The lowest BCUT2D eigenvalue weighted by Crippen LogP contribution is -2.15. The standard InChI is InChI=1S/C15H19BrN2OS/c1-19-8-3-2-7-17-10-14-11-20-15(18-14)12-5-4-6-13(16)9-12/h4-6,9,11,17H,2-3,7-8,10H2,1H3. The molecule has 1 aromatic heterocycles. The van der Waals surface area contributed by atoms with Crippen LogP contribution < -0.4 is 5.32 Å². The summed E-state index contributed by atoms with van der Waals surface area (Å²) in [7, 11) is 1.74. The van der Waals surface area contributed by atoms with E-state index in [1.807, 2.05) is 12.1 Å². The van der Waals surface area contributed by atoms with Crippen molar-refractivity contribution < 1.29 is 4.74 Å². The first-order valence-electron chi connectivity index (χ1n) is 6.69. The Balaban J connectivity index is 1.80. The minimum atomic E-state index is 0.831. The highest BCUT2D eigenvalue weighted by atomic mass is 79.9. The number of ether oxygens (including phenoxy) is 1. The molecule has 1 aromatic carbocycles. The van der Waals surface area contributed by atoms with Gasteiger partial charge in [0, 0.05) is 35.7 Å². The first-order valence-corrected chi connectivity index (χ1v) is 8.37. The highest BCUT2D eigenvalue weighted by Gasteiger charge is 2.04. The summed E-state index contributed by atoms with van der Waals surface area (Å²) in [5.41, 5.74) is 2.27. The fraction of sp³-hybridized carbons (Fsp3) is 0.400. The van der Waals surface area contributed by atoms with E-state index < -0.39 is 0 Å². The van der Waals surface area contributed by atoms with Crippen LogP contribution in [0.25, 0.3) is 10.6 Å². The van der Waals surface area contributed by atoms with Crippen LogP contribution in [0.2, 0.25) is 0 Å². The molecule has 1 N–H and O–H groups in total. The van der Waals surface area contributed by atoms with Gasteiger partial charge in [-0.2, -0.15) is 0 Å². The van der Waals surface area contributed by atoms with Gasteiger partial charge in [-0.1, -0.05) is 28.1 Å². The van der Waals surface area contributed by atoms with Crippen molar-refractivity contribution in [2.45, 2.75) is 19.4 Å². The number of thiazole rings is 1. The molecule has 0 aliphatic rings. The molecule has 108 valence electrons. The second kappa shape index (κ2) is 8.52. The molecule has 2 rings (SSSR count). The van der Waals surface area contributed by atoms with Crippen LogP contribution >= 0.6 is 27.3 Å². The van der Waals surface area contributed by atoms with Gasteiger partial charge in [0.15, 0.2) is 0 Å². The van der Waals surface area contributed by atoms with E-state index in [2.05, 4.69) is 43.7 Å². The molecule has 0 fully saturated rings. The lowest BCUT2D eigenvalue weighted by atomic mass is 10.2. The van der Waals surface area contributed by atoms with Crippen molar-refractivity contribution in [2.24, 2.45) is 0 Å². The molecule has 0 aliphatic heterocycles. The van der Waals surface area contributed by atoms with E-state index in [0.29, 0.717) is 0 Å². The summed E-state index contributed by atoms with van der Waals surface area (Å²) in [4.78, 5) is 4.67. The molecule has 20 heavy (non-hydrogen) atoms. The zero-order chi connectivity index (χ0) is 14.2. The number of methoxy groups -OCH3 is 1. The van der Waals surface area contributed by atoms with Crippen molar-refractivity contribution in [1.29, 1.82) is 0 Å². The Morgan fingerprint density at radius 3 is 3.05 bits per heavy atom. The smallest absolute Gasteiger partial charge is 0.123 e. The molecule has 3 nitrogen and oxygen atoms in total. The third kappa shape index (κ3) is 4.98. The second-order valence-corrected chi connectivity index (χ2v) is 6.30. The largest absolute Gasteiger partial charge is 0.385 e. The van der Waals surface area contributed by atoms with Crippen molar-refractivity contribution in [3.8, 4) is 10.6 Å². The van der Waals surface area contributed by atoms with E-state index in [4.69, 9.17) is 4.74 Å². The van der Waals surface area contributed by atoms with Crippen LogP contribution in [0.4, 0.5) is 0 Å². The van der Waals surface area contributed by atoms with Gasteiger partial charge in [-0.3, -0.25) is 0 Å². The molecule has 0 aliphatic carbocycles. The van der Waals surface area contributed by atoms with Crippen molar-refractivity contribution in [3.63, 3.8) is 0 Å². The highest BCUT2D eigenvalue weighted by molar-refractivity contribution is 9.10. The Morgan fingerprint density at radius 2 is 2.25 bits per heavy atom. The lowest BCUT2D eigenvalue weighted by Gasteiger charge is -2.02. The predicted octanol–water partition coefficient (Wildman–Crippen LogP) is 4.09. The molecule has 0 amide bonds.